The van der Waals surface area contributed by atoms with E-state index in [0.29, 0.717) is 40.4 Å². The van der Waals surface area contributed by atoms with Crippen LogP contribution in [0.15, 0.2) is 0 Å². The number of carboxylic acids is 1. The van der Waals surface area contributed by atoms with E-state index in [1.54, 1.807) is 29.6 Å². The number of aliphatic hydroxyl groups excluding tert-OH is 7. The number of likely N-dealkylation sites (N-methyl/N-ethyl adjacent to an activating group) is 1. The first-order valence-electron chi connectivity index (χ1n) is 15.9. The molecule has 0 aromatic heterocycles. The number of aromatic carboxylic acids is 1. The molecule has 2 aromatic rings. The van der Waals surface area contributed by atoms with Gasteiger partial charge >= 0.3 is 0 Å². The van der Waals surface area contributed by atoms with E-state index in [9.17, 15) is 59.7 Å². The molecule has 18 nitrogen and oxygen atoms in total. The van der Waals surface area contributed by atoms with Gasteiger partial charge in [0.2, 0.25) is 11.8 Å². The van der Waals surface area contributed by atoms with Crippen molar-refractivity contribution in [3.63, 3.8) is 0 Å². The minimum Gasteiger partial charge on any atom is -0.545 e. The Kier molecular flexibility index (Phi) is 23.4. The van der Waals surface area contributed by atoms with E-state index in [4.69, 9.17) is 5.11 Å². The van der Waals surface area contributed by atoms with Crippen molar-refractivity contribution in [2.75, 3.05) is 58.1 Å². The molecule has 24 heteroatoms. The van der Waals surface area contributed by atoms with Crippen LogP contribution in [0.5, 0.6) is 0 Å². The lowest BCUT2D eigenvalue weighted by atomic mass is 10.0. The normalized spacial score (nSPS) is 14.8. The highest BCUT2D eigenvalue weighted by atomic mass is 127. The number of nitrogens with zero attached hydrogens (tertiary/aromatic N) is 1. The third-order valence-corrected chi connectivity index (χ3v) is 14.5. The van der Waals surface area contributed by atoms with Gasteiger partial charge in [0.05, 0.1) is 55.9 Å². The predicted molar refractivity (Wildman–Crippen MR) is 253 cm³/mol. The van der Waals surface area contributed by atoms with Gasteiger partial charge in [-0.25, -0.2) is 0 Å². The zero-order valence-electron chi connectivity index (χ0n) is 30.2. The Balaban J connectivity index is 0.000000660. The Bertz CT molecular complexity index is 1810. The molecule has 0 radical (unpaired) electrons. The second-order valence-corrected chi connectivity index (χ2v) is 18.8. The molecule has 0 aliphatic carbocycles. The molecule has 2 unspecified atom stereocenters. The van der Waals surface area contributed by atoms with Gasteiger partial charge in [0.1, 0.15) is 50.2 Å². The summed E-state index contributed by atoms with van der Waals surface area (Å²) in [5.41, 5.74) is 1.77. The molecule has 4 amide bonds. The van der Waals surface area contributed by atoms with Gasteiger partial charge in [-0.3, -0.25) is 19.2 Å². The summed E-state index contributed by atoms with van der Waals surface area (Å²) in [5.74, 6) is -2.90. The Labute approximate surface area is 404 Å². The average molecular weight is 1470 g/mol. The number of halogens is 6. The minimum atomic E-state index is -1.83. The van der Waals surface area contributed by atoms with Crippen LogP contribution in [0.3, 0.4) is 0 Å². The van der Waals surface area contributed by atoms with Crippen molar-refractivity contribution < 1.29 is 69.3 Å². The summed E-state index contributed by atoms with van der Waals surface area (Å²) < 4.78 is 2.66. The number of carboxylic acid groups (broad SMARTS) is 1. The molecule has 314 valence electrons. The van der Waals surface area contributed by atoms with Crippen molar-refractivity contribution in [3.8, 4) is 0 Å². The van der Waals surface area contributed by atoms with Crippen molar-refractivity contribution in [1.82, 2.24) is 10.6 Å². The van der Waals surface area contributed by atoms with Gasteiger partial charge in [-0.1, -0.05) is 0 Å². The fourth-order valence-electron chi connectivity index (χ4n) is 5.19. The lowest BCUT2D eigenvalue weighted by Gasteiger charge is -2.39. The van der Waals surface area contributed by atoms with Crippen molar-refractivity contribution in [3.05, 3.63) is 43.7 Å². The van der Waals surface area contributed by atoms with Crippen LogP contribution in [-0.4, -0.2) is 148 Å². The van der Waals surface area contributed by atoms with Crippen molar-refractivity contribution in [2.45, 2.75) is 50.9 Å². The van der Waals surface area contributed by atoms with E-state index in [1.807, 2.05) is 113 Å². The second-order valence-electron chi connectivity index (χ2n) is 12.3. The lowest BCUT2D eigenvalue weighted by Crippen LogP contribution is -2.57. The molecule has 0 spiro atoms. The molecule has 11 N–H and O–H groups in total. The number of carbonyl (C=O) groups excluding carboxylic acids is 5. The molecule has 0 bridgehead atoms. The number of quaternary nitrogens is 1. The topological polar surface area (TPSA) is 298 Å². The molecule has 2 aromatic carbocycles. The van der Waals surface area contributed by atoms with Gasteiger partial charge in [-0.05, 0) is 136 Å². The Hall–Kier alpha value is -0.150. The standard InChI is InChI=1S/C21H32I3N3O9.C11H9I3N2O4/c1-9(30)26-18-16(23)11(15(22)14(17(18)24)21(36)25-2)5-27(3,4-10(31)7-28)6-12(32)19(34)20(35)13(33)8-29;1-3(17)16-9-7(13)4(10(18)15-2)6(12)5(8(9)14)11(19)20/h10,12-13,19-20,28-29,31-35H,4-8H2,1-3H3,(H-,25,26,30,36);1-2H3,(H,15,18)(H,16,17)(H,19,20)/t10?,12-,13+,19+,20+,27?;/m0./s1. The quantitative estimate of drug-likeness (QED) is 0.0764. The fraction of sp³-hybridized carbons (Fsp3) is 0.469. The van der Waals surface area contributed by atoms with Gasteiger partial charge in [0, 0.05) is 53.4 Å². The number of benzene rings is 2. The molecule has 2 rings (SSSR count). The molecular weight excluding hydrogens is 1420 g/mol. The minimum absolute atomic E-state index is 0.0815. The number of carbonyl (C=O) groups is 5. The van der Waals surface area contributed by atoms with Crippen LogP contribution in [0.4, 0.5) is 11.4 Å². The Morgan fingerprint density at radius 3 is 1.43 bits per heavy atom. The highest BCUT2D eigenvalue weighted by Gasteiger charge is 2.38. The smallest absolute Gasteiger partial charge is 0.253 e. The first-order valence-corrected chi connectivity index (χ1v) is 22.4. The van der Waals surface area contributed by atoms with Crippen LogP contribution in [0.2, 0.25) is 0 Å². The zero-order valence-corrected chi connectivity index (χ0v) is 43.2. The molecule has 0 aliphatic rings. The van der Waals surface area contributed by atoms with Crippen molar-refractivity contribution in [1.29, 1.82) is 0 Å². The summed E-state index contributed by atoms with van der Waals surface area (Å²) in [6.45, 7) is 1.02. The number of amides is 4. The monoisotopic (exact) mass is 1460 g/mol. The van der Waals surface area contributed by atoms with Crippen LogP contribution in [-0.2, 0) is 16.1 Å². The molecule has 6 atom stereocenters. The number of anilines is 2. The van der Waals surface area contributed by atoms with E-state index in [2.05, 4.69) is 21.3 Å². The lowest BCUT2D eigenvalue weighted by molar-refractivity contribution is -0.928. The number of hydrogen-bond donors (Lipinski definition) is 11. The average Bonchev–Trinajstić information content (AvgIpc) is 3.12. The highest BCUT2D eigenvalue weighted by Crippen LogP contribution is 2.38. The highest BCUT2D eigenvalue weighted by molar-refractivity contribution is 14.1. The second kappa shape index (κ2) is 24.3. The van der Waals surface area contributed by atoms with E-state index < -0.39 is 55.6 Å². The third-order valence-electron chi connectivity index (χ3n) is 7.79. The largest absolute Gasteiger partial charge is 0.545 e. The number of rotatable bonds is 16. The van der Waals surface area contributed by atoms with E-state index in [-0.39, 0.29) is 56.5 Å². The Morgan fingerprint density at radius 2 is 1.04 bits per heavy atom. The fourth-order valence-corrected chi connectivity index (χ4v) is 13.8. The number of aliphatic hydroxyl groups is 7. The van der Waals surface area contributed by atoms with Crippen molar-refractivity contribution in [2.24, 2.45) is 0 Å². The van der Waals surface area contributed by atoms with Gasteiger partial charge < -0.3 is 71.4 Å². The van der Waals surface area contributed by atoms with Crippen LogP contribution < -0.4 is 26.4 Å². The van der Waals surface area contributed by atoms with E-state index in [0.717, 1.165) is 0 Å². The first kappa shape index (κ1) is 53.9. The first-order chi connectivity index (χ1) is 25.8. The molecule has 0 saturated heterocycles. The van der Waals surface area contributed by atoms with Gasteiger partial charge in [-0.2, -0.15) is 0 Å². The van der Waals surface area contributed by atoms with Gasteiger partial charge in [0.15, 0.2) is 0 Å². The van der Waals surface area contributed by atoms with Crippen molar-refractivity contribution >= 4 is 177 Å². The predicted octanol–water partition coefficient (Wildman–Crippen LogP) is -0.264. The summed E-state index contributed by atoms with van der Waals surface area (Å²) in [5, 5.41) is 91.1. The summed E-state index contributed by atoms with van der Waals surface area (Å²) in [7, 11) is 4.57. The molecule has 0 saturated carbocycles. The zero-order chi connectivity index (χ0) is 43.6. The molecule has 56 heavy (non-hydrogen) atoms. The summed E-state index contributed by atoms with van der Waals surface area (Å²) in [6.07, 6.45) is -8.11. The van der Waals surface area contributed by atoms with Crippen LogP contribution >= 0.6 is 136 Å². The number of hydrogen-bond acceptors (Lipinski definition) is 13. The molecule has 0 fully saturated rings. The van der Waals surface area contributed by atoms with Crippen LogP contribution in [0.1, 0.15) is 50.5 Å². The maximum absolute atomic E-state index is 12.7. The van der Waals surface area contributed by atoms with Crippen LogP contribution in [0.25, 0.3) is 0 Å². The van der Waals surface area contributed by atoms with E-state index in [1.165, 1.54) is 27.9 Å². The van der Waals surface area contributed by atoms with E-state index >= 15 is 0 Å². The maximum atomic E-state index is 12.7. The third kappa shape index (κ3) is 14.2. The summed E-state index contributed by atoms with van der Waals surface area (Å²) in [6, 6.07) is 0. The summed E-state index contributed by atoms with van der Waals surface area (Å²) >= 11 is 11.6. The van der Waals surface area contributed by atoms with Gasteiger partial charge in [-0.15, -0.1) is 0 Å². The SMILES string of the molecule is CNC(=O)c1c(I)c(C[N+](C)(CC(O)CO)C[C@H](O)[C@@H](O)[C@H](O)[C@H](O)CO)c(I)c(NC(C)=O)c1I.CNC(=O)c1c(I)c(NC(C)=O)c(I)c(C(=O)[O-])c1I. The molecular formula is C32H41I6N5O13. The van der Waals surface area contributed by atoms with Gasteiger partial charge in [0.25, 0.3) is 11.8 Å². The summed E-state index contributed by atoms with van der Waals surface area (Å²) in [4.78, 5) is 59.1. The molecule has 0 heterocycles. The molecule has 0 aliphatic heterocycles. The van der Waals surface area contributed by atoms with Crippen LogP contribution in [0, 0.1) is 21.4 Å². The Morgan fingerprint density at radius 1 is 0.625 bits per heavy atom. The maximum Gasteiger partial charge on any atom is 0.253 e. The number of nitrogens with one attached hydrogen (secondary N) is 4.